The molecule has 0 unspecified atom stereocenters. The number of aromatic carboxylic acids is 1. The predicted octanol–water partition coefficient (Wildman–Crippen LogP) is 5.52. The van der Waals surface area contributed by atoms with Gasteiger partial charge in [0.25, 0.3) is 0 Å². The van der Waals surface area contributed by atoms with Gasteiger partial charge in [-0.05, 0) is 28.8 Å². The Hall–Kier alpha value is -4.09. The first-order chi connectivity index (χ1) is 15.6. The van der Waals surface area contributed by atoms with Crippen LogP contribution in [0.5, 0.6) is 11.5 Å². The number of aliphatic hydroxyl groups is 1. The van der Waals surface area contributed by atoms with E-state index in [2.05, 4.69) is 0 Å². The lowest BCUT2D eigenvalue weighted by atomic mass is 10.0. The summed E-state index contributed by atoms with van der Waals surface area (Å²) in [6.07, 6.45) is 0. The van der Waals surface area contributed by atoms with Crippen LogP contribution >= 0.6 is 0 Å². The molecule has 4 rings (SSSR count). The maximum Gasteiger partial charge on any atom is 0.343 e. The minimum absolute atomic E-state index is 0.140. The van der Waals surface area contributed by atoms with Crippen molar-refractivity contribution < 1.29 is 24.9 Å². The zero-order valence-electron chi connectivity index (χ0n) is 17.4. The van der Waals surface area contributed by atoms with E-state index in [1.807, 2.05) is 91.0 Å². The summed E-state index contributed by atoms with van der Waals surface area (Å²) in [7, 11) is 0. The molecular formula is C27H24O5. The second kappa shape index (κ2) is 11.3. The highest BCUT2D eigenvalue weighted by molar-refractivity contribution is 5.97. The average molecular weight is 428 g/mol. The molecule has 0 heterocycles. The van der Waals surface area contributed by atoms with E-state index in [1.165, 1.54) is 6.07 Å². The van der Waals surface area contributed by atoms with Gasteiger partial charge in [0.05, 0.1) is 6.61 Å². The van der Waals surface area contributed by atoms with E-state index in [0.717, 1.165) is 16.7 Å². The number of aromatic hydroxyl groups is 1. The molecule has 0 amide bonds. The molecule has 0 aliphatic rings. The third-order valence-corrected chi connectivity index (χ3v) is 4.69. The van der Waals surface area contributed by atoms with Crippen LogP contribution in [-0.4, -0.2) is 21.3 Å². The van der Waals surface area contributed by atoms with Crippen LogP contribution in [0.4, 0.5) is 0 Å². The molecule has 0 saturated heterocycles. The summed E-state index contributed by atoms with van der Waals surface area (Å²) in [5, 5.41) is 28.0. The number of phenols is 1. The van der Waals surface area contributed by atoms with E-state index in [9.17, 15) is 15.0 Å². The number of benzene rings is 4. The molecule has 0 radical (unpaired) electrons. The van der Waals surface area contributed by atoms with Crippen molar-refractivity contribution in [3.8, 4) is 22.6 Å². The van der Waals surface area contributed by atoms with Crippen LogP contribution in [0.15, 0.2) is 103 Å². The van der Waals surface area contributed by atoms with Gasteiger partial charge in [-0.15, -0.1) is 0 Å². The quantitative estimate of drug-likeness (QED) is 0.377. The van der Waals surface area contributed by atoms with E-state index < -0.39 is 5.97 Å². The highest BCUT2D eigenvalue weighted by Crippen LogP contribution is 2.38. The maximum atomic E-state index is 11.6. The fourth-order valence-corrected chi connectivity index (χ4v) is 3.09. The third kappa shape index (κ3) is 5.97. The van der Waals surface area contributed by atoms with Crippen LogP contribution in [0.1, 0.15) is 21.5 Å². The van der Waals surface area contributed by atoms with Crippen molar-refractivity contribution in [2.75, 3.05) is 0 Å². The van der Waals surface area contributed by atoms with Crippen molar-refractivity contribution in [1.29, 1.82) is 0 Å². The lowest BCUT2D eigenvalue weighted by molar-refractivity contribution is 0.0688. The highest BCUT2D eigenvalue weighted by Gasteiger charge is 2.21. The van der Waals surface area contributed by atoms with Gasteiger partial charge in [-0.1, -0.05) is 91.0 Å². The number of rotatable bonds is 6. The summed E-state index contributed by atoms with van der Waals surface area (Å²) in [6, 6.07) is 31.4. The van der Waals surface area contributed by atoms with E-state index in [-0.39, 0.29) is 30.3 Å². The standard InChI is InChI=1S/C20H16O4.C7H8O/c21-17-12-11-16(15-9-5-2-6-10-15)19(18(17)20(22)23)24-13-14-7-3-1-4-8-14;8-6-7-4-2-1-3-5-7/h1-12,21H,13H2,(H,22,23);1-5,8H,6H2. The molecule has 162 valence electrons. The van der Waals surface area contributed by atoms with Crippen LogP contribution in [-0.2, 0) is 13.2 Å². The van der Waals surface area contributed by atoms with Gasteiger partial charge in [0.2, 0.25) is 0 Å². The highest BCUT2D eigenvalue weighted by atomic mass is 16.5. The molecule has 4 aromatic rings. The van der Waals surface area contributed by atoms with Gasteiger partial charge in [0.15, 0.2) is 0 Å². The molecule has 0 atom stereocenters. The zero-order valence-corrected chi connectivity index (χ0v) is 17.4. The second-order valence-corrected chi connectivity index (χ2v) is 6.93. The smallest absolute Gasteiger partial charge is 0.343 e. The van der Waals surface area contributed by atoms with Gasteiger partial charge < -0.3 is 20.1 Å². The zero-order chi connectivity index (χ0) is 22.8. The molecule has 5 heteroatoms. The van der Waals surface area contributed by atoms with Crippen molar-refractivity contribution in [1.82, 2.24) is 0 Å². The Kier molecular flexibility index (Phi) is 8.01. The van der Waals surface area contributed by atoms with Gasteiger partial charge in [-0.25, -0.2) is 4.79 Å². The first kappa shape index (κ1) is 22.6. The Morgan fingerprint density at radius 1 is 0.719 bits per heavy atom. The number of hydrogen-bond acceptors (Lipinski definition) is 4. The molecule has 0 saturated carbocycles. The molecule has 0 aliphatic heterocycles. The Labute approximate surface area is 186 Å². The molecule has 32 heavy (non-hydrogen) atoms. The molecule has 0 aromatic heterocycles. The Balaban J connectivity index is 0.000000305. The van der Waals surface area contributed by atoms with Crippen molar-refractivity contribution >= 4 is 5.97 Å². The predicted molar refractivity (Wildman–Crippen MR) is 124 cm³/mol. The summed E-state index contributed by atoms with van der Waals surface area (Å²) in [4.78, 5) is 11.6. The molecule has 0 aliphatic carbocycles. The number of carbonyl (C=O) groups is 1. The van der Waals surface area contributed by atoms with Crippen LogP contribution in [0, 0.1) is 0 Å². The number of hydrogen-bond donors (Lipinski definition) is 3. The van der Waals surface area contributed by atoms with E-state index in [4.69, 9.17) is 9.84 Å². The number of aliphatic hydroxyl groups excluding tert-OH is 1. The molecule has 0 fully saturated rings. The van der Waals surface area contributed by atoms with E-state index in [0.29, 0.717) is 5.56 Å². The lowest BCUT2D eigenvalue weighted by Gasteiger charge is -2.15. The normalized spacial score (nSPS) is 10.0. The molecule has 0 bridgehead atoms. The van der Waals surface area contributed by atoms with Crippen molar-refractivity contribution in [3.05, 3.63) is 120 Å². The maximum absolute atomic E-state index is 11.6. The van der Waals surface area contributed by atoms with Gasteiger partial charge in [0.1, 0.15) is 23.7 Å². The fraction of sp³-hybridized carbons (Fsp3) is 0.0741. The fourth-order valence-electron chi connectivity index (χ4n) is 3.09. The first-order valence-electron chi connectivity index (χ1n) is 10.1. The number of ether oxygens (including phenoxy) is 1. The van der Waals surface area contributed by atoms with Crippen molar-refractivity contribution in [3.63, 3.8) is 0 Å². The SMILES string of the molecule is O=C(O)c1c(O)ccc(-c2ccccc2)c1OCc1ccccc1.OCc1ccccc1. The second-order valence-electron chi connectivity index (χ2n) is 6.93. The van der Waals surface area contributed by atoms with Crippen molar-refractivity contribution in [2.24, 2.45) is 0 Å². The summed E-state index contributed by atoms with van der Waals surface area (Å²) >= 11 is 0. The monoisotopic (exact) mass is 428 g/mol. The molecule has 3 N–H and O–H groups in total. The summed E-state index contributed by atoms with van der Waals surface area (Å²) in [5.41, 5.74) is 3.10. The lowest BCUT2D eigenvalue weighted by Crippen LogP contribution is -2.05. The number of carboxylic acid groups (broad SMARTS) is 1. The Morgan fingerprint density at radius 2 is 1.25 bits per heavy atom. The van der Waals surface area contributed by atoms with Crippen LogP contribution < -0.4 is 4.74 Å². The summed E-state index contributed by atoms with van der Waals surface area (Å²) < 4.78 is 5.81. The van der Waals surface area contributed by atoms with E-state index in [1.54, 1.807) is 6.07 Å². The van der Waals surface area contributed by atoms with Crippen LogP contribution in [0.3, 0.4) is 0 Å². The average Bonchev–Trinajstić information content (AvgIpc) is 2.84. The molecule has 4 aromatic carbocycles. The molecular weight excluding hydrogens is 404 g/mol. The minimum Gasteiger partial charge on any atom is -0.507 e. The Bertz CT molecular complexity index is 1130. The molecule has 0 spiro atoms. The van der Waals surface area contributed by atoms with Gasteiger partial charge in [0, 0.05) is 5.56 Å². The van der Waals surface area contributed by atoms with Gasteiger partial charge in [-0.2, -0.15) is 0 Å². The molecule has 5 nitrogen and oxygen atoms in total. The minimum atomic E-state index is -1.23. The third-order valence-electron chi connectivity index (χ3n) is 4.69. The first-order valence-corrected chi connectivity index (χ1v) is 10.1. The van der Waals surface area contributed by atoms with E-state index >= 15 is 0 Å². The van der Waals surface area contributed by atoms with Crippen molar-refractivity contribution in [2.45, 2.75) is 13.2 Å². The van der Waals surface area contributed by atoms with Crippen LogP contribution in [0.25, 0.3) is 11.1 Å². The largest absolute Gasteiger partial charge is 0.507 e. The summed E-state index contributed by atoms with van der Waals surface area (Å²) in [6.45, 7) is 0.352. The van der Waals surface area contributed by atoms with Gasteiger partial charge >= 0.3 is 5.97 Å². The summed E-state index contributed by atoms with van der Waals surface area (Å²) in [5.74, 6) is -1.38. The topological polar surface area (TPSA) is 87.0 Å². The Morgan fingerprint density at radius 3 is 1.75 bits per heavy atom. The van der Waals surface area contributed by atoms with Gasteiger partial charge in [-0.3, -0.25) is 0 Å². The van der Waals surface area contributed by atoms with Crippen LogP contribution in [0.2, 0.25) is 0 Å². The number of carboxylic acids is 1.